The Hall–Kier alpha value is 0.170. The molecule has 2 saturated heterocycles. The van der Waals surface area contributed by atoms with Gasteiger partial charge in [0.25, 0.3) is 0 Å². The van der Waals surface area contributed by atoms with E-state index in [1.165, 1.54) is 45.3 Å². The van der Waals surface area contributed by atoms with Gasteiger partial charge in [0.15, 0.2) is 0 Å². The van der Waals surface area contributed by atoms with Crippen LogP contribution in [0.1, 0.15) is 25.7 Å². The van der Waals surface area contributed by atoms with E-state index in [0.29, 0.717) is 6.04 Å². The van der Waals surface area contributed by atoms with Crippen molar-refractivity contribution < 1.29 is 0 Å². The first-order chi connectivity index (χ1) is 6.36. The topological polar surface area (TPSA) is 41.3 Å². The smallest absolute Gasteiger partial charge is 0.0221 e. The maximum Gasteiger partial charge on any atom is 0.0221 e. The quantitative estimate of drug-likeness (QED) is 0.678. The van der Waals surface area contributed by atoms with Crippen LogP contribution in [-0.4, -0.2) is 43.2 Å². The van der Waals surface area contributed by atoms with Gasteiger partial charge in [0.05, 0.1) is 0 Å². The van der Waals surface area contributed by atoms with Gasteiger partial charge in [-0.25, -0.2) is 0 Å². The zero-order valence-corrected chi connectivity index (χ0v) is 9.56. The van der Waals surface area contributed by atoms with E-state index in [-0.39, 0.29) is 12.4 Å². The highest BCUT2D eigenvalue weighted by molar-refractivity contribution is 5.85. The minimum Gasteiger partial charge on any atom is -0.327 e. The van der Waals surface area contributed by atoms with Crippen molar-refractivity contribution in [1.29, 1.82) is 0 Å². The summed E-state index contributed by atoms with van der Waals surface area (Å²) in [5.74, 6) is 0. The van der Waals surface area contributed by atoms with Crippen molar-refractivity contribution in [3.8, 4) is 0 Å². The van der Waals surface area contributed by atoms with Crippen molar-refractivity contribution in [3.63, 3.8) is 0 Å². The van der Waals surface area contributed by atoms with Gasteiger partial charge in [-0.05, 0) is 38.8 Å². The fourth-order valence-corrected chi connectivity index (χ4v) is 2.52. The van der Waals surface area contributed by atoms with Crippen LogP contribution in [0.3, 0.4) is 0 Å². The Morgan fingerprint density at radius 2 is 2.07 bits per heavy atom. The van der Waals surface area contributed by atoms with Gasteiger partial charge >= 0.3 is 0 Å². The summed E-state index contributed by atoms with van der Waals surface area (Å²) >= 11 is 0. The van der Waals surface area contributed by atoms with Gasteiger partial charge in [0.1, 0.15) is 0 Å². The molecule has 84 valence electrons. The standard InChI is InChI=1S/C10H21N3.ClH/c11-9-3-2-6-13(8-9)10-4-1-5-12-7-10;/h9-10,12H,1-8,11H2;1H. The summed E-state index contributed by atoms with van der Waals surface area (Å²) in [4.78, 5) is 2.58. The lowest BCUT2D eigenvalue weighted by atomic mass is 10.0. The molecule has 0 bridgehead atoms. The monoisotopic (exact) mass is 219 g/mol. The molecule has 0 amide bonds. The lowest BCUT2D eigenvalue weighted by molar-refractivity contribution is 0.128. The summed E-state index contributed by atoms with van der Waals surface area (Å²) in [6, 6.07) is 1.19. The summed E-state index contributed by atoms with van der Waals surface area (Å²) in [5.41, 5.74) is 5.97. The van der Waals surface area contributed by atoms with Gasteiger partial charge in [-0.15, -0.1) is 12.4 Å². The summed E-state index contributed by atoms with van der Waals surface area (Å²) in [6.07, 6.45) is 5.20. The van der Waals surface area contributed by atoms with Crippen LogP contribution >= 0.6 is 12.4 Å². The van der Waals surface area contributed by atoms with Gasteiger partial charge < -0.3 is 11.1 Å². The first-order valence-corrected chi connectivity index (χ1v) is 5.56. The summed E-state index contributed by atoms with van der Waals surface area (Å²) in [5, 5.41) is 3.46. The Kier molecular flexibility index (Phi) is 5.17. The van der Waals surface area contributed by atoms with Crippen LogP contribution in [0.4, 0.5) is 0 Å². The third kappa shape index (κ3) is 3.09. The van der Waals surface area contributed by atoms with Crippen molar-refractivity contribution >= 4 is 12.4 Å². The normalized spacial score (nSPS) is 34.9. The highest BCUT2D eigenvalue weighted by Gasteiger charge is 2.24. The molecule has 2 aliphatic rings. The minimum absolute atomic E-state index is 0. The lowest BCUT2D eigenvalue weighted by Crippen LogP contribution is -2.52. The van der Waals surface area contributed by atoms with Gasteiger partial charge in [-0.1, -0.05) is 0 Å². The average Bonchev–Trinajstić information content (AvgIpc) is 2.19. The molecule has 2 aliphatic heterocycles. The van der Waals surface area contributed by atoms with E-state index in [1.807, 2.05) is 0 Å². The molecule has 0 aromatic rings. The number of hydrogen-bond donors (Lipinski definition) is 2. The molecule has 2 heterocycles. The predicted molar refractivity (Wildman–Crippen MR) is 61.9 cm³/mol. The first-order valence-electron chi connectivity index (χ1n) is 5.56. The van der Waals surface area contributed by atoms with Crippen LogP contribution in [-0.2, 0) is 0 Å². The van der Waals surface area contributed by atoms with Crippen LogP contribution in [0.2, 0.25) is 0 Å². The number of piperidine rings is 2. The van der Waals surface area contributed by atoms with Crippen LogP contribution in [0.15, 0.2) is 0 Å². The van der Waals surface area contributed by atoms with E-state index in [0.717, 1.165) is 12.6 Å². The first kappa shape index (κ1) is 12.2. The molecule has 4 heteroatoms. The maximum atomic E-state index is 5.97. The Balaban J connectivity index is 0.000000980. The van der Waals surface area contributed by atoms with Crippen LogP contribution in [0.25, 0.3) is 0 Å². The lowest BCUT2D eigenvalue weighted by Gasteiger charge is -2.39. The molecule has 2 unspecified atom stereocenters. The second kappa shape index (κ2) is 5.91. The third-order valence-electron chi connectivity index (χ3n) is 3.28. The molecule has 3 N–H and O–H groups in total. The highest BCUT2D eigenvalue weighted by atomic mass is 35.5. The molecule has 0 spiro atoms. The second-order valence-corrected chi connectivity index (χ2v) is 4.40. The van der Waals surface area contributed by atoms with E-state index < -0.39 is 0 Å². The molecule has 0 aromatic carbocycles. The Bertz CT molecular complexity index is 159. The Morgan fingerprint density at radius 3 is 2.71 bits per heavy atom. The number of hydrogen-bond acceptors (Lipinski definition) is 3. The predicted octanol–water partition coefficient (Wildman–Crippen LogP) is 0.583. The van der Waals surface area contributed by atoms with Gasteiger partial charge in [-0.2, -0.15) is 0 Å². The fraction of sp³-hybridized carbons (Fsp3) is 1.00. The van der Waals surface area contributed by atoms with E-state index in [9.17, 15) is 0 Å². The highest BCUT2D eigenvalue weighted by Crippen LogP contribution is 2.16. The molecule has 2 fully saturated rings. The minimum atomic E-state index is 0. The fourth-order valence-electron chi connectivity index (χ4n) is 2.52. The molecule has 0 aromatic heterocycles. The van der Waals surface area contributed by atoms with E-state index >= 15 is 0 Å². The second-order valence-electron chi connectivity index (χ2n) is 4.40. The van der Waals surface area contributed by atoms with Gasteiger partial charge in [-0.3, -0.25) is 4.90 Å². The van der Waals surface area contributed by atoms with Gasteiger partial charge in [0, 0.05) is 25.2 Å². The number of nitrogens with two attached hydrogens (primary N) is 1. The van der Waals surface area contributed by atoms with Crippen LogP contribution < -0.4 is 11.1 Å². The molecule has 2 rings (SSSR count). The zero-order valence-electron chi connectivity index (χ0n) is 8.74. The van der Waals surface area contributed by atoms with E-state index in [4.69, 9.17) is 5.73 Å². The number of nitrogens with zero attached hydrogens (tertiary/aromatic N) is 1. The number of rotatable bonds is 1. The van der Waals surface area contributed by atoms with Gasteiger partial charge in [0.2, 0.25) is 0 Å². The van der Waals surface area contributed by atoms with Crippen molar-refractivity contribution in [2.24, 2.45) is 5.73 Å². The van der Waals surface area contributed by atoms with Crippen molar-refractivity contribution in [2.45, 2.75) is 37.8 Å². The summed E-state index contributed by atoms with van der Waals surface area (Å²) < 4.78 is 0. The third-order valence-corrected chi connectivity index (χ3v) is 3.28. The van der Waals surface area contributed by atoms with Crippen LogP contribution in [0, 0.1) is 0 Å². The SMILES string of the molecule is Cl.NC1CCCN(C2CCCNC2)C1. The Labute approximate surface area is 92.8 Å². The summed E-state index contributed by atoms with van der Waals surface area (Å²) in [6.45, 7) is 4.76. The van der Waals surface area contributed by atoms with Crippen LogP contribution in [0.5, 0.6) is 0 Å². The zero-order chi connectivity index (χ0) is 9.10. The largest absolute Gasteiger partial charge is 0.327 e. The average molecular weight is 220 g/mol. The number of nitrogens with one attached hydrogen (secondary N) is 1. The number of likely N-dealkylation sites (tertiary alicyclic amines) is 1. The molecule has 0 radical (unpaired) electrons. The summed E-state index contributed by atoms with van der Waals surface area (Å²) in [7, 11) is 0. The Morgan fingerprint density at radius 1 is 1.21 bits per heavy atom. The molecular formula is C10H22ClN3. The number of halogens is 1. The molecule has 0 aliphatic carbocycles. The van der Waals surface area contributed by atoms with E-state index in [1.54, 1.807) is 0 Å². The molecule has 2 atom stereocenters. The molecule has 14 heavy (non-hydrogen) atoms. The molecule has 3 nitrogen and oxygen atoms in total. The molecular weight excluding hydrogens is 198 g/mol. The van der Waals surface area contributed by atoms with E-state index in [2.05, 4.69) is 10.2 Å². The van der Waals surface area contributed by atoms with Crippen molar-refractivity contribution in [2.75, 3.05) is 26.2 Å². The van der Waals surface area contributed by atoms with Crippen molar-refractivity contribution in [1.82, 2.24) is 10.2 Å². The van der Waals surface area contributed by atoms with Crippen molar-refractivity contribution in [3.05, 3.63) is 0 Å². The molecule has 0 saturated carbocycles. The maximum absolute atomic E-state index is 5.97.